The van der Waals surface area contributed by atoms with Crippen LogP contribution in [0, 0.1) is 0 Å². The van der Waals surface area contributed by atoms with Gasteiger partial charge in [-0.15, -0.1) is 24.8 Å². The van der Waals surface area contributed by atoms with Crippen LogP contribution in [0.4, 0.5) is 11.4 Å². The number of allylic oxidation sites excluding steroid dienone is 1. The number of fused-ring (bicyclic) bond motifs is 1. The molecule has 23 heavy (non-hydrogen) atoms. The van der Waals surface area contributed by atoms with E-state index in [2.05, 4.69) is 42.3 Å². The summed E-state index contributed by atoms with van der Waals surface area (Å²) in [4.78, 5) is 6.95. The predicted octanol–water partition coefficient (Wildman–Crippen LogP) is 4.06. The van der Waals surface area contributed by atoms with E-state index in [4.69, 9.17) is 10.7 Å². The van der Waals surface area contributed by atoms with Gasteiger partial charge >= 0.3 is 0 Å². The molecule has 2 aromatic rings. The molecule has 0 saturated carbocycles. The number of benzene rings is 2. The largest absolute Gasteiger partial charge is 0.398 e. The van der Waals surface area contributed by atoms with Gasteiger partial charge < -0.3 is 10.6 Å². The molecule has 0 atom stereocenters. The van der Waals surface area contributed by atoms with Crippen LogP contribution in [-0.2, 0) is 0 Å². The highest BCUT2D eigenvalue weighted by Gasteiger charge is 2.13. The van der Waals surface area contributed by atoms with Crippen LogP contribution in [0.3, 0.4) is 0 Å². The molecule has 3 nitrogen and oxygen atoms in total. The first-order valence-corrected chi connectivity index (χ1v) is 7.13. The summed E-state index contributed by atoms with van der Waals surface area (Å²) in [5.41, 5.74) is 11.2. The Balaban J connectivity index is 0.00000132. The van der Waals surface area contributed by atoms with Crippen LogP contribution in [0.2, 0.25) is 0 Å². The van der Waals surface area contributed by atoms with Crippen molar-refractivity contribution in [1.82, 2.24) is 0 Å². The molecule has 0 aromatic heterocycles. The molecule has 0 radical (unpaired) electrons. The molecule has 1 aliphatic rings. The summed E-state index contributed by atoms with van der Waals surface area (Å²) in [5, 5.41) is 0. The minimum Gasteiger partial charge on any atom is -0.398 e. The van der Waals surface area contributed by atoms with Gasteiger partial charge in [0.2, 0.25) is 0 Å². The van der Waals surface area contributed by atoms with E-state index in [9.17, 15) is 0 Å². The van der Waals surface area contributed by atoms with Crippen molar-refractivity contribution in [3.63, 3.8) is 0 Å². The zero-order chi connectivity index (χ0) is 14.7. The van der Waals surface area contributed by atoms with Crippen molar-refractivity contribution < 1.29 is 0 Å². The fourth-order valence-corrected chi connectivity index (χ4v) is 2.52. The third kappa shape index (κ3) is 4.27. The minimum absolute atomic E-state index is 0. The molecule has 1 aliphatic heterocycles. The summed E-state index contributed by atoms with van der Waals surface area (Å²) < 4.78 is 0. The van der Waals surface area contributed by atoms with E-state index in [1.807, 2.05) is 30.3 Å². The monoisotopic (exact) mass is 349 g/mol. The Labute approximate surface area is 149 Å². The number of aliphatic imine (C=N–C) groups is 1. The first-order chi connectivity index (χ1) is 10.3. The normalized spacial score (nSPS) is 13.4. The van der Waals surface area contributed by atoms with Crippen LogP contribution >= 0.6 is 24.8 Å². The van der Waals surface area contributed by atoms with Crippen LogP contribution < -0.4 is 10.6 Å². The number of hydrogen-bond acceptors (Lipinski definition) is 3. The third-order valence-electron chi connectivity index (χ3n) is 3.73. The van der Waals surface area contributed by atoms with E-state index in [1.54, 1.807) is 0 Å². The summed E-state index contributed by atoms with van der Waals surface area (Å²) in [7, 11) is 2.11. The lowest BCUT2D eigenvalue weighted by Crippen LogP contribution is -2.20. The first-order valence-electron chi connectivity index (χ1n) is 7.13. The molecule has 0 spiro atoms. The van der Waals surface area contributed by atoms with Crippen molar-refractivity contribution in [2.45, 2.75) is 0 Å². The van der Waals surface area contributed by atoms with Crippen molar-refractivity contribution in [2.24, 2.45) is 4.99 Å². The quantitative estimate of drug-likeness (QED) is 0.830. The number of benzodiazepines with no additional fused rings is 1. The van der Waals surface area contributed by atoms with Crippen molar-refractivity contribution in [2.75, 3.05) is 30.8 Å². The van der Waals surface area contributed by atoms with Crippen LogP contribution in [0.25, 0.3) is 6.08 Å². The molecule has 0 amide bonds. The number of hydrogen-bond donors (Lipinski definition) is 1. The molecule has 2 aromatic carbocycles. The molecule has 0 bridgehead atoms. The number of rotatable bonds is 2. The predicted molar refractivity (Wildman–Crippen MR) is 106 cm³/mol. The van der Waals surface area contributed by atoms with Gasteiger partial charge in [-0.1, -0.05) is 42.5 Å². The van der Waals surface area contributed by atoms with Gasteiger partial charge in [0.15, 0.2) is 0 Å². The number of nitrogens with two attached hydrogens (primary N) is 1. The van der Waals surface area contributed by atoms with Gasteiger partial charge in [0.05, 0.1) is 12.3 Å². The van der Waals surface area contributed by atoms with E-state index in [1.165, 1.54) is 11.3 Å². The Bertz CT molecular complexity index is 711. The van der Waals surface area contributed by atoms with E-state index in [-0.39, 0.29) is 24.8 Å². The number of likely N-dealkylation sites (N-methyl/N-ethyl adjacent to an activating group) is 1. The average molecular weight is 350 g/mol. The molecule has 0 aliphatic carbocycles. The zero-order valence-corrected chi connectivity index (χ0v) is 14.6. The van der Waals surface area contributed by atoms with E-state index >= 15 is 0 Å². The van der Waals surface area contributed by atoms with Crippen molar-refractivity contribution in [3.05, 3.63) is 65.7 Å². The van der Waals surface area contributed by atoms with E-state index in [0.717, 1.165) is 30.1 Å². The van der Waals surface area contributed by atoms with Crippen molar-refractivity contribution in [3.8, 4) is 0 Å². The Morgan fingerprint density at radius 2 is 1.70 bits per heavy atom. The molecule has 2 N–H and O–H groups in total. The fourth-order valence-electron chi connectivity index (χ4n) is 2.52. The highest BCUT2D eigenvalue weighted by molar-refractivity contribution is 6.14. The van der Waals surface area contributed by atoms with Gasteiger partial charge in [0, 0.05) is 30.5 Å². The number of halogens is 2. The Morgan fingerprint density at radius 1 is 1.00 bits per heavy atom. The second-order valence-electron chi connectivity index (χ2n) is 5.17. The zero-order valence-electron chi connectivity index (χ0n) is 13.0. The Kier molecular flexibility index (Phi) is 7.14. The topological polar surface area (TPSA) is 41.6 Å². The van der Waals surface area contributed by atoms with Crippen LogP contribution in [0.1, 0.15) is 11.1 Å². The summed E-state index contributed by atoms with van der Waals surface area (Å²) in [6.07, 6.45) is 4.10. The lowest BCUT2D eigenvalue weighted by Gasteiger charge is -2.18. The molecular weight excluding hydrogens is 329 g/mol. The Hall–Kier alpha value is -1.97. The van der Waals surface area contributed by atoms with Crippen LogP contribution in [0.15, 0.2) is 59.6 Å². The number of nitrogens with zero attached hydrogens (tertiary/aromatic N) is 2. The number of nitrogen functional groups attached to an aromatic ring is 1. The van der Waals surface area contributed by atoms with Gasteiger partial charge in [-0.25, -0.2) is 0 Å². The van der Waals surface area contributed by atoms with Gasteiger partial charge in [0.1, 0.15) is 0 Å². The second-order valence-corrected chi connectivity index (χ2v) is 5.17. The molecular formula is C18H21Cl2N3. The third-order valence-corrected chi connectivity index (χ3v) is 3.73. The first kappa shape index (κ1) is 19.1. The van der Waals surface area contributed by atoms with E-state index < -0.39 is 0 Å². The smallest absolute Gasteiger partial charge is 0.0668 e. The van der Waals surface area contributed by atoms with Gasteiger partial charge in [-0.3, -0.25) is 4.99 Å². The van der Waals surface area contributed by atoms with E-state index in [0.29, 0.717) is 0 Å². The second kappa shape index (κ2) is 8.61. The maximum Gasteiger partial charge on any atom is 0.0668 e. The molecule has 1 heterocycles. The Morgan fingerprint density at radius 3 is 2.48 bits per heavy atom. The maximum atomic E-state index is 5.98. The molecule has 0 fully saturated rings. The fraction of sp³-hybridized carbons (Fsp3) is 0.167. The van der Waals surface area contributed by atoms with Crippen molar-refractivity contribution in [1.29, 1.82) is 0 Å². The van der Waals surface area contributed by atoms with Crippen molar-refractivity contribution >= 4 is 48.0 Å². The van der Waals surface area contributed by atoms with Gasteiger partial charge in [0.25, 0.3) is 0 Å². The summed E-state index contributed by atoms with van der Waals surface area (Å²) in [6, 6.07) is 16.2. The van der Waals surface area contributed by atoms with Gasteiger partial charge in [-0.05, 0) is 23.8 Å². The molecule has 122 valence electrons. The molecule has 0 saturated heterocycles. The minimum atomic E-state index is 0. The summed E-state index contributed by atoms with van der Waals surface area (Å²) >= 11 is 0. The average Bonchev–Trinajstić information content (AvgIpc) is 2.67. The standard InChI is InChI=1S/C18H19N3.2ClH/c1-21-13-12-20-17(15-7-3-5-9-18(15)21)11-10-14-6-2-4-8-16(14)19;;/h2-11H,12-13,19H2,1H3;2*1H. The van der Waals surface area contributed by atoms with Crippen LogP contribution in [-0.4, -0.2) is 25.8 Å². The molecule has 3 rings (SSSR count). The highest BCUT2D eigenvalue weighted by Crippen LogP contribution is 2.23. The summed E-state index contributed by atoms with van der Waals surface area (Å²) in [5.74, 6) is 0. The lowest BCUT2D eigenvalue weighted by molar-refractivity contribution is 0.897. The SMILES string of the molecule is CN1CCN=C(C=Cc2ccccc2N)c2ccccc21.Cl.Cl. The van der Waals surface area contributed by atoms with Crippen LogP contribution in [0.5, 0.6) is 0 Å². The molecule has 0 unspecified atom stereocenters. The highest BCUT2D eigenvalue weighted by atomic mass is 35.5. The summed E-state index contributed by atoms with van der Waals surface area (Å²) in [6.45, 7) is 1.73. The number of para-hydroxylation sites is 2. The van der Waals surface area contributed by atoms with Gasteiger partial charge in [-0.2, -0.15) is 0 Å². The molecule has 5 heteroatoms. The number of anilines is 2. The lowest BCUT2D eigenvalue weighted by atomic mass is 10.1. The maximum absolute atomic E-state index is 5.98.